The Morgan fingerprint density at radius 1 is 1.62 bits per heavy atom. The topological polar surface area (TPSA) is 42.0 Å². The van der Waals surface area contributed by atoms with Gasteiger partial charge in [-0.3, -0.25) is 4.21 Å². The molecule has 0 saturated carbocycles. The van der Waals surface area contributed by atoms with Crippen molar-refractivity contribution in [2.24, 2.45) is 0 Å². The van der Waals surface area contributed by atoms with Crippen LogP contribution < -0.4 is 5.32 Å². The Bertz CT molecular complexity index is 384. The largest absolute Gasteiger partial charge is 0.367 e. The van der Waals surface area contributed by atoms with Crippen molar-refractivity contribution in [3.63, 3.8) is 0 Å². The summed E-state index contributed by atoms with van der Waals surface area (Å²) in [5, 5.41) is 3.33. The second kappa shape index (κ2) is 6.35. The first kappa shape index (κ1) is 13.6. The zero-order valence-electron chi connectivity index (χ0n) is 9.79. The number of anilines is 1. The van der Waals surface area contributed by atoms with E-state index >= 15 is 0 Å². The van der Waals surface area contributed by atoms with Gasteiger partial charge in [-0.05, 0) is 47.8 Å². The highest BCUT2D eigenvalue weighted by Crippen LogP contribution is 2.17. The van der Waals surface area contributed by atoms with Crippen molar-refractivity contribution in [3.8, 4) is 0 Å². The van der Waals surface area contributed by atoms with Crippen molar-refractivity contribution in [1.82, 2.24) is 4.98 Å². The molecule has 1 rings (SSSR count). The standard InChI is InChI=1S/C11H17BrN2OS/c1-8-6-10(12)7-13-11(8)14-9(2)4-5-16(3)15/h6-7,9H,4-5H2,1-3H3,(H,13,14). The zero-order chi connectivity index (χ0) is 12.1. The average Bonchev–Trinajstić information content (AvgIpc) is 2.19. The molecule has 1 heterocycles. The summed E-state index contributed by atoms with van der Waals surface area (Å²) in [6.45, 7) is 4.10. The summed E-state index contributed by atoms with van der Waals surface area (Å²) in [4.78, 5) is 4.31. The van der Waals surface area contributed by atoms with Crippen LogP contribution in [0.1, 0.15) is 18.9 Å². The molecule has 90 valence electrons. The summed E-state index contributed by atoms with van der Waals surface area (Å²) < 4.78 is 12.0. The molecule has 1 aromatic heterocycles. The van der Waals surface area contributed by atoms with Gasteiger partial charge in [0.05, 0.1) is 0 Å². The minimum Gasteiger partial charge on any atom is -0.367 e. The van der Waals surface area contributed by atoms with E-state index in [1.54, 1.807) is 12.5 Å². The summed E-state index contributed by atoms with van der Waals surface area (Å²) in [6.07, 6.45) is 4.40. The van der Waals surface area contributed by atoms with E-state index in [0.29, 0.717) is 0 Å². The maximum atomic E-state index is 11.0. The normalized spacial score (nSPS) is 14.5. The Morgan fingerprint density at radius 2 is 2.31 bits per heavy atom. The summed E-state index contributed by atoms with van der Waals surface area (Å²) in [6, 6.07) is 2.32. The molecule has 0 saturated heterocycles. The Labute approximate surface area is 108 Å². The highest BCUT2D eigenvalue weighted by Gasteiger charge is 2.06. The zero-order valence-corrected chi connectivity index (χ0v) is 12.2. The van der Waals surface area contributed by atoms with Gasteiger partial charge in [-0.15, -0.1) is 0 Å². The third-order valence-corrected chi connectivity index (χ3v) is 3.51. The Morgan fingerprint density at radius 3 is 2.88 bits per heavy atom. The lowest BCUT2D eigenvalue weighted by atomic mass is 10.2. The third kappa shape index (κ3) is 4.61. The van der Waals surface area contributed by atoms with Crippen molar-refractivity contribution in [3.05, 3.63) is 22.3 Å². The highest BCUT2D eigenvalue weighted by atomic mass is 79.9. The lowest BCUT2D eigenvalue weighted by Gasteiger charge is -2.15. The molecule has 2 atom stereocenters. The fourth-order valence-electron chi connectivity index (χ4n) is 1.34. The molecule has 0 fully saturated rings. The average molecular weight is 305 g/mol. The molecule has 1 N–H and O–H groups in total. The number of hydrogen-bond donors (Lipinski definition) is 1. The van der Waals surface area contributed by atoms with E-state index in [0.717, 1.165) is 28.0 Å². The lowest BCUT2D eigenvalue weighted by molar-refractivity contribution is 0.678. The van der Waals surface area contributed by atoms with Crippen LogP contribution in [0, 0.1) is 6.92 Å². The molecule has 1 aromatic rings. The monoisotopic (exact) mass is 304 g/mol. The fraction of sp³-hybridized carbons (Fsp3) is 0.545. The van der Waals surface area contributed by atoms with E-state index in [1.165, 1.54) is 0 Å². The molecular weight excluding hydrogens is 288 g/mol. The van der Waals surface area contributed by atoms with Crippen LogP contribution in [0.4, 0.5) is 5.82 Å². The molecule has 0 spiro atoms. The Hall–Kier alpha value is -0.420. The molecule has 0 aliphatic rings. The number of aryl methyl sites for hydroxylation is 1. The first-order valence-electron chi connectivity index (χ1n) is 5.17. The van der Waals surface area contributed by atoms with Gasteiger partial charge in [-0.2, -0.15) is 0 Å². The third-order valence-electron chi connectivity index (χ3n) is 2.27. The summed E-state index contributed by atoms with van der Waals surface area (Å²) in [5.41, 5.74) is 1.11. The van der Waals surface area contributed by atoms with Crippen LogP contribution in [0.2, 0.25) is 0 Å². The van der Waals surface area contributed by atoms with Crippen molar-refractivity contribution in [2.45, 2.75) is 26.3 Å². The van der Waals surface area contributed by atoms with Crippen LogP contribution in [-0.2, 0) is 10.8 Å². The predicted molar refractivity (Wildman–Crippen MR) is 73.3 cm³/mol. The van der Waals surface area contributed by atoms with Crippen molar-refractivity contribution in [2.75, 3.05) is 17.3 Å². The number of aromatic nitrogens is 1. The van der Waals surface area contributed by atoms with E-state index < -0.39 is 10.8 Å². The van der Waals surface area contributed by atoms with Crippen molar-refractivity contribution < 1.29 is 4.21 Å². The van der Waals surface area contributed by atoms with Crippen LogP contribution >= 0.6 is 15.9 Å². The van der Waals surface area contributed by atoms with Crippen molar-refractivity contribution in [1.29, 1.82) is 0 Å². The number of nitrogens with zero attached hydrogens (tertiary/aromatic N) is 1. The van der Waals surface area contributed by atoms with E-state index in [2.05, 4.69) is 33.2 Å². The van der Waals surface area contributed by atoms with E-state index in [-0.39, 0.29) is 6.04 Å². The number of halogens is 1. The van der Waals surface area contributed by atoms with Gasteiger partial charge in [0.2, 0.25) is 0 Å². The van der Waals surface area contributed by atoms with E-state index in [9.17, 15) is 4.21 Å². The number of hydrogen-bond acceptors (Lipinski definition) is 3. The minimum atomic E-state index is -0.721. The molecular formula is C11H17BrN2OS. The second-order valence-corrected chi connectivity index (χ2v) is 6.40. The van der Waals surface area contributed by atoms with Crippen LogP contribution in [0.5, 0.6) is 0 Å². The quantitative estimate of drug-likeness (QED) is 0.909. The maximum Gasteiger partial charge on any atom is 0.129 e. The fourth-order valence-corrected chi connectivity index (χ4v) is 2.47. The first-order chi connectivity index (χ1) is 7.49. The summed E-state index contributed by atoms with van der Waals surface area (Å²) >= 11 is 3.38. The molecule has 0 aliphatic carbocycles. The SMILES string of the molecule is Cc1cc(Br)cnc1NC(C)CCS(C)=O. The highest BCUT2D eigenvalue weighted by molar-refractivity contribution is 9.10. The van der Waals surface area contributed by atoms with Crippen molar-refractivity contribution >= 4 is 32.5 Å². The Balaban J connectivity index is 2.55. The number of pyridine rings is 1. The smallest absolute Gasteiger partial charge is 0.129 e. The molecule has 5 heteroatoms. The van der Waals surface area contributed by atoms with Gasteiger partial charge in [-0.1, -0.05) is 0 Å². The van der Waals surface area contributed by atoms with Crippen LogP contribution in [0.25, 0.3) is 0 Å². The van der Waals surface area contributed by atoms with Gasteiger partial charge in [0.1, 0.15) is 5.82 Å². The number of nitrogens with one attached hydrogen (secondary N) is 1. The first-order valence-corrected chi connectivity index (χ1v) is 7.69. The van der Waals surface area contributed by atoms with E-state index in [4.69, 9.17) is 0 Å². The molecule has 0 aliphatic heterocycles. The molecule has 16 heavy (non-hydrogen) atoms. The van der Waals surface area contributed by atoms with Gasteiger partial charge in [0, 0.05) is 39.5 Å². The summed E-state index contributed by atoms with van der Waals surface area (Å²) in [5.74, 6) is 1.63. The summed E-state index contributed by atoms with van der Waals surface area (Å²) in [7, 11) is -0.721. The molecule has 3 nitrogen and oxygen atoms in total. The minimum absolute atomic E-state index is 0.288. The molecule has 0 amide bonds. The van der Waals surface area contributed by atoms with E-state index in [1.807, 2.05) is 13.0 Å². The van der Waals surface area contributed by atoms with Crippen LogP contribution in [0.3, 0.4) is 0 Å². The second-order valence-electron chi connectivity index (χ2n) is 3.93. The lowest BCUT2D eigenvalue weighted by Crippen LogP contribution is -2.19. The van der Waals surface area contributed by atoms with Gasteiger partial charge in [0.15, 0.2) is 0 Å². The Kier molecular flexibility index (Phi) is 5.41. The molecule has 0 aromatic carbocycles. The molecule has 0 radical (unpaired) electrons. The van der Waals surface area contributed by atoms with Gasteiger partial charge in [-0.25, -0.2) is 4.98 Å². The van der Waals surface area contributed by atoms with Crippen LogP contribution in [-0.4, -0.2) is 27.2 Å². The molecule has 0 bridgehead atoms. The van der Waals surface area contributed by atoms with Gasteiger partial charge >= 0.3 is 0 Å². The maximum absolute atomic E-state index is 11.0. The van der Waals surface area contributed by atoms with Gasteiger partial charge in [0.25, 0.3) is 0 Å². The molecule has 2 unspecified atom stereocenters. The van der Waals surface area contributed by atoms with Gasteiger partial charge < -0.3 is 5.32 Å². The van der Waals surface area contributed by atoms with Crippen LogP contribution in [0.15, 0.2) is 16.7 Å². The number of rotatable bonds is 5. The predicted octanol–water partition coefficient (Wildman–Crippen LogP) is 2.72.